The van der Waals surface area contributed by atoms with E-state index in [1.54, 1.807) is 7.11 Å². The average Bonchev–Trinajstić information content (AvgIpc) is 3.04. The lowest BCUT2D eigenvalue weighted by Gasteiger charge is -2.04. The average molecular weight is 316 g/mol. The maximum atomic E-state index is 5.76. The number of aromatic nitrogens is 1. The Morgan fingerprint density at radius 2 is 1.71 bits per heavy atom. The molecule has 0 bridgehead atoms. The van der Waals surface area contributed by atoms with Crippen molar-refractivity contribution in [3.05, 3.63) is 72.8 Å². The first-order valence-electron chi connectivity index (χ1n) is 7.69. The zero-order valence-corrected chi connectivity index (χ0v) is 13.2. The number of ether oxygens (including phenoxy) is 1. The molecule has 0 fully saturated rings. The normalized spacial score (nSPS) is 10.7. The number of hydrogen-bond donors (Lipinski definition) is 1. The second kappa shape index (κ2) is 6.08. The van der Waals surface area contributed by atoms with Crippen molar-refractivity contribution in [2.75, 3.05) is 12.4 Å². The fraction of sp³-hybridized carbons (Fsp3) is 0.0500. The van der Waals surface area contributed by atoms with Crippen molar-refractivity contribution >= 4 is 22.8 Å². The minimum absolute atomic E-state index is 0.485. The van der Waals surface area contributed by atoms with Crippen LogP contribution in [0, 0.1) is 0 Å². The highest BCUT2D eigenvalue weighted by Crippen LogP contribution is 2.29. The van der Waals surface area contributed by atoms with E-state index in [0.29, 0.717) is 6.01 Å². The highest BCUT2D eigenvalue weighted by Gasteiger charge is 2.08. The van der Waals surface area contributed by atoms with Crippen LogP contribution in [-0.4, -0.2) is 12.1 Å². The molecule has 24 heavy (non-hydrogen) atoms. The van der Waals surface area contributed by atoms with Crippen molar-refractivity contribution in [1.29, 1.82) is 0 Å². The van der Waals surface area contributed by atoms with Crippen molar-refractivity contribution in [3.8, 4) is 16.9 Å². The first-order chi connectivity index (χ1) is 11.8. The molecule has 0 spiro atoms. The third-order valence-corrected chi connectivity index (χ3v) is 3.82. The first kappa shape index (κ1) is 14.3. The van der Waals surface area contributed by atoms with Crippen LogP contribution in [0.2, 0.25) is 0 Å². The topological polar surface area (TPSA) is 47.3 Å². The summed E-state index contributed by atoms with van der Waals surface area (Å²) in [5, 5.41) is 3.17. The van der Waals surface area contributed by atoms with Crippen molar-refractivity contribution in [1.82, 2.24) is 4.98 Å². The van der Waals surface area contributed by atoms with Gasteiger partial charge in [-0.25, -0.2) is 0 Å². The minimum atomic E-state index is 0.485. The molecule has 1 N–H and O–H groups in total. The van der Waals surface area contributed by atoms with E-state index in [1.807, 2.05) is 72.8 Å². The Morgan fingerprint density at radius 1 is 0.875 bits per heavy atom. The molecule has 0 aliphatic carbocycles. The van der Waals surface area contributed by atoms with E-state index in [4.69, 9.17) is 9.15 Å². The van der Waals surface area contributed by atoms with Crippen LogP contribution in [0.15, 0.2) is 77.2 Å². The Bertz CT molecular complexity index is 977. The molecule has 0 unspecified atom stereocenters. The van der Waals surface area contributed by atoms with Gasteiger partial charge in [0.2, 0.25) is 0 Å². The molecule has 0 radical (unpaired) electrons. The summed E-state index contributed by atoms with van der Waals surface area (Å²) >= 11 is 0. The van der Waals surface area contributed by atoms with E-state index in [2.05, 4.69) is 10.3 Å². The summed E-state index contributed by atoms with van der Waals surface area (Å²) in [6.45, 7) is 0. The molecule has 4 aromatic rings. The molecule has 1 aromatic heterocycles. The van der Waals surface area contributed by atoms with Crippen LogP contribution in [-0.2, 0) is 0 Å². The summed E-state index contributed by atoms with van der Waals surface area (Å²) in [5.74, 6) is 0.833. The highest BCUT2D eigenvalue weighted by atomic mass is 16.5. The largest absolute Gasteiger partial charge is 0.497 e. The summed E-state index contributed by atoms with van der Waals surface area (Å²) in [5.41, 5.74) is 4.66. The smallest absolute Gasteiger partial charge is 0.300 e. The number of anilines is 2. The van der Waals surface area contributed by atoms with E-state index < -0.39 is 0 Å². The number of rotatable bonds is 4. The molecule has 0 aliphatic rings. The van der Waals surface area contributed by atoms with Crippen LogP contribution >= 0.6 is 0 Å². The van der Waals surface area contributed by atoms with Gasteiger partial charge in [0.15, 0.2) is 5.58 Å². The summed E-state index contributed by atoms with van der Waals surface area (Å²) in [4.78, 5) is 4.53. The molecule has 0 saturated carbocycles. The fourth-order valence-corrected chi connectivity index (χ4v) is 2.61. The Labute approximate surface area is 139 Å². The molecule has 118 valence electrons. The predicted molar refractivity (Wildman–Crippen MR) is 95.7 cm³/mol. The van der Waals surface area contributed by atoms with E-state index >= 15 is 0 Å². The van der Waals surface area contributed by atoms with Gasteiger partial charge in [-0.05, 0) is 47.5 Å². The van der Waals surface area contributed by atoms with Crippen LogP contribution in [0.25, 0.3) is 22.2 Å². The van der Waals surface area contributed by atoms with Gasteiger partial charge >= 0.3 is 0 Å². The van der Waals surface area contributed by atoms with Crippen LogP contribution in [0.4, 0.5) is 11.7 Å². The van der Waals surface area contributed by atoms with E-state index in [1.165, 1.54) is 0 Å². The molecule has 0 aliphatic heterocycles. The molecular formula is C20H16N2O2. The van der Waals surface area contributed by atoms with E-state index in [-0.39, 0.29) is 0 Å². The lowest BCUT2D eigenvalue weighted by molar-refractivity contribution is 0.415. The predicted octanol–water partition coefficient (Wildman–Crippen LogP) is 5.25. The van der Waals surface area contributed by atoms with E-state index in [9.17, 15) is 0 Å². The second-order valence-corrected chi connectivity index (χ2v) is 5.42. The number of fused-ring (bicyclic) bond motifs is 1. The molecule has 0 amide bonds. The quantitative estimate of drug-likeness (QED) is 0.559. The molecule has 0 atom stereocenters. The molecular weight excluding hydrogens is 300 g/mol. The second-order valence-electron chi connectivity index (χ2n) is 5.42. The zero-order chi connectivity index (χ0) is 16.4. The standard InChI is InChI=1S/C20H16N2O2/c1-23-17-9-5-6-14(12-17)15-10-11-19-18(13-15)22-20(24-19)21-16-7-3-2-4-8-16/h2-13H,1H3,(H,21,22). The third kappa shape index (κ3) is 2.82. The third-order valence-electron chi connectivity index (χ3n) is 3.82. The molecule has 4 nitrogen and oxygen atoms in total. The molecule has 3 aromatic carbocycles. The van der Waals surface area contributed by atoms with Gasteiger partial charge in [-0.15, -0.1) is 0 Å². The summed E-state index contributed by atoms with van der Waals surface area (Å²) in [6, 6.07) is 24.3. The zero-order valence-electron chi connectivity index (χ0n) is 13.2. The van der Waals surface area contributed by atoms with Gasteiger partial charge in [0, 0.05) is 5.69 Å². The molecule has 4 rings (SSSR count). The summed E-state index contributed by atoms with van der Waals surface area (Å²) in [7, 11) is 1.67. The maximum absolute atomic E-state index is 5.76. The van der Waals surface area contributed by atoms with Crippen LogP contribution < -0.4 is 10.1 Å². The Morgan fingerprint density at radius 3 is 2.54 bits per heavy atom. The van der Waals surface area contributed by atoms with Gasteiger partial charge in [0.1, 0.15) is 11.3 Å². The Hall–Kier alpha value is -3.27. The van der Waals surface area contributed by atoms with Crippen LogP contribution in [0.5, 0.6) is 5.75 Å². The van der Waals surface area contributed by atoms with Gasteiger partial charge < -0.3 is 14.5 Å². The SMILES string of the molecule is COc1cccc(-c2ccc3oc(Nc4ccccc4)nc3c2)c1. The number of nitrogens with one attached hydrogen (secondary N) is 1. The molecule has 4 heteroatoms. The van der Waals surface area contributed by atoms with Gasteiger partial charge in [-0.2, -0.15) is 4.98 Å². The number of para-hydroxylation sites is 1. The molecule has 0 saturated heterocycles. The Balaban J connectivity index is 1.68. The first-order valence-corrected chi connectivity index (χ1v) is 7.69. The maximum Gasteiger partial charge on any atom is 0.300 e. The lowest BCUT2D eigenvalue weighted by Crippen LogP contribution is -1.88. The van der Waals surface area contributed by atoms with Gasteiger partial charge in [0.05, 0.1) is 7.11 Å². The lowest BCUT2D eigenvalue weighted by atomic mass is 10.1. The van der Waals surface area contributed by atoms with Crippen molar-refractivity contribution in [2.24, 2.45) is 0 Å². The number of nitrogens with zero attached hydrogens (tertiary/aromatic N) is 1. The molecule has 1 heterocycles. The summed E-state index contributed by atoms with van der Waals surface area (Å²) in [6.07, 6.45) is 0. The van der Waals surface area contributed by atoms with Crippen molar-refractivity contribution in [2.45, 2.75) is 0 Å². The van der Waals surface area contributed by atoms with Gasteiger partial charge in [-0.3, -0.25) is 0 Å². The van der Waals surface area contributed by atoms with Crippen LogP contribution in [0.3, 0.4) is 0 Å². The van der Waals surface area contributed by atoms with Gasteiger partial charge in [-0.1, -0.05) is 36.4 Å². The van der Waals surface area contributed by atoms with E-state index in [0.717, 1.165) is 33.7 Å². The Kier molecular flexibility index (Phi) is 3.63. The number of hydrogen-bond acceptors (Lipinski definition) is 4. The van der Waals surface area contributed by atoms with Gasteiger partial charge in [0.25, 0.3) is 6.01 Å². The number of benzene rings is 3. The number of methoxy groups -OCH3 is 1. The fourth-order valence-electron chi connectivity index (χ4n) is 2.61. The van der Waals surface area contributed by atoms with Crippen molar-refractivity contribution in [3.63, 3.8) is 0 Å². The minimum Gasteiger partial charge on any atom is -0.497 e. The summed E-state index contributed by atoms with van der Waals surface area (Å²) < 4.78 is 11.1. The van der Waals surface area contributed by atoms with Crippen LogP contribution in [0.1, 0.15) is 0 Å². The number of oxazole rings is 1. The highest BCUT2D eigenvalue weighted by molar-refractivity contribution is 5.82. The van der Waals surface area contributed by atoms with Crippen molar-refractivity contribution < 1.29 is 9.15 Å². The monoisotopic (exact) mass is 316 g/mol.